The lowest BCUT2D eigenvalue weighted by Gasteiger charge is -2.36. The van der Waals surface area contributed by atoms with E-state index in [0.29, 0.717) is 26.2 Å². The first-order valence-electron chi connectivity index (χ1n) is 5.86. The molecular weight excluding hydrogens is 222 g/mol. The molecule has 1 atom stereocenters. The second-order valence-corrected chi connectivity index (χ2v) is 5.31. The highest BCUT2D eigenvalue weighted by molar-refractivity contribution is 5.77. The maximum Gasteiger partial charge on any atom is 0.410 e. The van der Waals surface area contributed by atoms with Gasteiger partial charge in [0.1, 0.15) is 11.4 Å². The number of hydrogen-bond donors (Lipinski definition) is 0. The quantitative estimate of drug-likeness (QED) is 0.739. The number of carbonyl (C=O) groups excluding carboxylic acids is 2. The van der Waals surface area contributed by atoms with Gasteiger partial charge in [0.05, 0.1) is 19.3 Å². The van der Waals surface area contributed by atoms with Gasteiger partial charge >= 0.3 is 6.09 Å². The number of amides is 1. The molecule has 0 radical (unpaired) electrons. The molecule has 5 heteroatoms. The van der Waals surface area contributed by atoms with Crippen LogP contribution in [0, 0.1) is 0 Å². The van der Waals surface area contributed by atoms with Crippen molar-refractivity contribution in [2.75, 3.05) is 19.8 Å². The van der Waals surface area contributed by atoms with E-state index in [4.69, 9.17) is 9.47 Å². The molecule has 0 unspecified atom stereocenters. The van der Waals surface area contributed by atoms with Crippen molar-refractivity contribution in [3.63, 3.8) is 0 Å². The van der Waals surface area contributed by atoms with Crippen LogP contribution in [0.25, 0.3) is 0 Å². The molecule has 0 aromatic heterocycles. The van der Waals surface area contributed by atoms with Crippen LogP contribution >= 0.6 is 0 Å². The highest BCUT2D eigenvalue weighted by Gasteiger charge is 2.31. The SMILES string of the molecule is CC(=O)C[C@@H]1COCCN1C(=O)OC(C)(C)C. The fourth-order valence-corrected chi connectivity index (χ4v) is 1.72. The lowest BCUT2D eigenvalue weighted by molar-refractivity contribution is -0.119. The van der Waals surface area contributed by atoms with Crippen LogP contribution < -0.4 is 0 Å². The van der Waals surface area contributed by atoms with Gasteiger partial charge in [0.2, 0.25) is 0 Å². The third-order valence-electron chi connectivity index (χ3n) is 2.38. The number of morpholine rings is 1. The van der Waals surface area contributed by atoms with E-state index in [1.165, 1.54) is 6.92 Å². The summed E-state index contributed by atoms with van der Waals surface area (Å²) in [6.45, 7) is 8.36. The summed E-state index contributed by atoms with van der Waals surface area (Å²) in [5.41, 5.74) is -0.518. The number of rotatable bonds is 2. The first kappa shape index (κ1) is 14.0. The first-order valence-corrected chi connectivity index (χ1v) is 5.86. The van der Waals surface area contributed by atoms with Crippen LogP contribution in [0.2, 0.25) is 0 Å². The molecule has 0 saturated carbocycles. The predicted octanol–water partition coefficient (Wildman–Crippen LogP) is 1.60. The van der Waals surface area contributed by atoms with Gasteiger partial charge in [0.25, 0.3) is 0 Å². The lowest BCUT2D eigenvalue weighted by Crippen LogP contribution is -2.50. The van der Waals surface area contributed by atoms with Crippen LogP contribution in [0.3, 0.4) is 0 Å². The number of hydrogen-bond acceptors (Lipinski definition) is 4. The van der Waals surface area contributed by atoms with Gasteiger partial charge in [-0.25, -0.2) is 4.79 Å². The van der Waals surface area contributed by atoms with E-state index in [9.17, 15) is 9.59 Å². The van der Waals surface area contributed by atoms with Crippen molar-refractivity contribution in [2.24, 2.45) is 0 Å². The van der Waals surface area contributed by atoms with Gasteiger partial charge in [-0.3, -0.25) is 4.79 Å². The van der Waals surface area contributed by atoms with E-state index < -0.39 is 5.60 Å². The van der Waals surface area contributed by atoms with Crippen molar-refractivity contribution in [2.45, 2.75) is 45.8 Å². The van der Waals surface area contributed by atoms with Gasteiger partial charge in [0, 0.05) is 13.0 Å². The summed E-state index contributed by atoms with van der Waals surface area (Å²) in [7, 11) is 0. The van der Waals surface area contributed by atoms with Crippen molar-refractivity contribution in [1.82, 2.24) is 4.90 Å². The summed E-state index contributed by atoms with van der Waals surface area (Å²) in [5, 5.41) is 0. The molecule has 0 aliphatic carbocycles. The standard InChI is InChI=1S/C12H21NO4/c1-9(14)7-10-8-16-6-5-13(10)11(15)17-12(2,3)4/h10H,5-8H2,1-4H3/t10-/m1/s1. The van der Waals surface area contributed by atoms with E-state index in [-0.39, 0.29) is 17.9 Å². The predicted molar refractivity (Wildman–Crippen MR) is 62.8 cm³/mol. The van der Waals surface area contributed by atoms with Crippen molar-refractivity contribution in [1.29, 1.82) is 0 Å². The van der Waals surface area contributed by atoms with E-state index in [1.54, 1.807) is 4.90 Å². The molecule has 0 N–H and O–H groups in total. The van der Waals surface area contributed by atoms with Gasteiger partial charge in [0.15, 0.2) is 0 Å². The molecule has 1 aliphatic heterocycles. The van der Waals surface area contributed by atoms with Crippen LogP contribution in [0.15, 0.2) is 0 Å². The smallest absolute Gasteiger partial charge is 0.410 e. The monoisotopic (exact) mass is 243 g/mol. The van der Waals surface area contributed by atoms with Crippen molar-refractivity contribution in [3.8, 4) is 0 Å². The number of ether oxygens (including phenoxy) is 2. The molecule has 5 nitrogen and oxygen atoms in total. The Balaban J connectivity index is 2.64. The summed E-state index contributed by atoms with van der Waals surface area (Å²) in [5.74, 6) is 0.0501. The molecule has 1 rings (SSSR count). The summed E-state index contributed by atoms with van der Waals surface area (Å²) in [6.07, 6.45) is -0.0498. The van der Waals surface area contributed by atoms with E-state index in [2.05, 4.69) is 0 Å². The molecule has 17 heavy (non-hydrogen) atoms. The Labute approximate surface area is 102 Å². The normalized spacial score (nSPS) is 21.2. The number of Topliss-reactive ketones (excluding diaryl/α,β-unsaturated/α-hetero) is 1. The maximum atomic E-state index is 11.9. The van der Waals surface area contributed by atoms with Gasteiger partial charge < -0.3 is 14.4 Å². The zero-order chi connectivity index (χ0) is 13.1. The summed E-state index contributed by atoms with van der Waals surface area (Å²) in [6, 6.07) is -0.198. The van der Waals surface area contributed by atoms with Crippen LogP contribution in [-0.4, -0.2) is 48.2 Å². The van der Waals surface area contributed by atoms with Crippen molar-refractivity contribution >= 4 is 11.9 Å². The molecule has 0 bridgehead atoms. The minimum absolute atomic E-state index is 0.0501. The molecule has 1 fully saturated rings. The average Bonchev–Trinajstić information content (AvgIpc) is 2.14. The third kappa shape index (κ3) is 4.73. The minimum Gasteiger partial charge on any atom is -0.444 e. The average molecular weight is 243 g/mol. The first-order chi connectivity index (χ1) is 7.79. The Kier molecular flexibility index (Phi) is 4.51. The maximum absolute atomic E-state index is 11.9. The Morgan fingerprint density at radius 2 is 2.06 bits per heavy atom. The minimum atomic E-state index is -0.518. The molecule has 0 aromatic carbocycles. The third-order valence-corrected chi connectivity index (χ3v) is 2.38. The zero-order valence-corrected chi connectivity index (χ0v) is 11.0. The summed E-state index contributed by atoms with van der Waals surface area (Å²) in [4.78, 5) is 24.7. The molecule has 1 amide bonds. The van der Waals surface area contributed by atoms with E-state index in [1.807, 2.05) is 20.8 Å². The molecule has 1 aliphatic rings. The number of ketones is 1. The molecule has 0 aromatic rings. The second kappa shape index (κ2) is 5.49. The highest BCUT2D eigenvalue weighted by atomic mass is 16.6. The number of carbonyl (C=O) groups is 2. The van der Waals surface area contributed by atoms with Crippen molar-refractivity contribution < 1.29 is 19.1 Å². The second-order valence-electron chi connectivity index (χ2n) is 5.31. The summed E-state index contributed by atoms with van der Waals surface area (Å²) < 4.78 is 10.6. The fourth-order valence-electron chi connectivity index (χ4n) is 1.72. The molecular formula is C12H21NO4. The van der Waals surface area contributed by atoms with Crippen molar-refractivity contribution in [3.05, 3.63) is 0 Å². The Morgan fingerprint density at radius 3 is 2.59 bits per heavy atom. The Morgan fingerprint density at radius 1 is 1.41 bits per heavy atom. The van der Waals surface area contributed by atoms with Gasteiger partial charge in [-0.05, 0) is 27.7 Å². The van der Waals surface area contributed by atoms with Crippen LogP contribution in [0.4, 0.5) is 4.79 Å². The Hall–Kier alpha value is -1.10. The topological polar surface area (TPSA) is 55.8 Å². The molecule has 0 spiro atoms. The van der Waals surface area contributed by atoms with E-state index >= 15 is 0 Å². The molecule has 1 heterocycles. The van der Waals surface area contributed by atoms with Crippen LogP contribution in [0.1, 0.15) is 34.1 Å². The highest BCUT2D eigenvalue weighted by Crippen LogP contribution is 2.16. The largest absolute Gasteiger partial charge is 0.444 e. The van der Waals surface area contributed by atoms with E-state index in [0.717, 1.165) is 0 Å². The molecule has 98 valence electrons. The van der Waals surface area contributed by atoms with Crippen LogP contribution in [-0.2, 0) is 14.3 Å². The number of nitrogens with zero attached hydrogens (tertiary/aromatic N) is 1. The van der Waals surface area contributed by atoms with Gasteiger partial charge in [-0.2, -0.15) is 0 Å². The van der Waals surface area contributed by atoms with Gasteiger partial charge in [-0.1, -0.05) is 0 Å². The molecule has 1 saturated heterocycles. The fraction of sp³-hybridized carbons (Fsp3) is 0.833. The Bertz CT molecular complexity index is 295. The van der Waals surface area contributed by atoms with Gasteiger partial charge in [-0.15, -0.1) is 0 Å². The van der Waals surface area contributed by atoms with Crippen LogP contribution in [0.5, 0.6) is 0 Å². The zero-order valence-electron chi connectivity index (χ0n) is 11.0. The lowest BCUT2D eigenvalue weighted by atomic mass is 10.1. The summed E-state index contributed by atoms with van der Waals surface area (Å²) >= 11 is 0.